The lowest BCUT2D eigenvalue weighted by molar-refractivity contribution is -0.139. The minimum Gasteiger partial charge on any atom is -0.481 e. The molecule has 0 radical (unpaired) electrons. The summed E-state index contributed by atoms with van der Waals surface area (Å²) in [6.07, 6.45) is 1.26. The minimum absolute atomic E-state index is 0.0377. The predicted octanol–water partition coefficient (Wildman–Crippen LogP) is 4.80. The van der Waals surface area contributed by atoms with E-state index in [4.69, 9.17) is 9.84 Å². The number of alkyl carbamates (subject to hydrolysis) is 1. The average molecular weight is 479 g/mol. The van der Waals surface area contributed by atoms with E-state index in [1.807, 2.05) is 45.0 Å². The van der Waals surface area contributed by atoms with Gasteiger partial charge in [-0.05, 0) is 40.5 Å². The maximum atomic E-state index is 13.1. The molecule has 7 nitrogen and oxygen atoms in total. The first-order valence-electron chi connectivity index (χ1n) is 12.3. The Morgan fingerprint density at radius 3 is 2.11 bits per heavy atom. The van der Waals surface area contributed by atoms with Crippen molar-refractivity contribution in [3.8, 4) is 11.1 Å². The third kappa shape index (κ3) is 5.84. The number of benzene rings is 2. The van der Waals surface area contributed by atoms with Crippen LogP contribution < -0.4 is 5.32 Å². The van der Waals surface area contributed by atoms with Crippen molar-refractivity contribution < 1.29 is 24.2 Å². The van der Waals surface area contributed by atoms with Gasteiger partial charge >= 0.3 is 12.1 Å². The molecule has 0 spiro atoms. The largest absolute Gasteiger partial charge is 0.481 e. The fraction of sp³-hybridized carbons (Fsp3) is 0.464. The molecular weight excluding hydrogens is 444 g/mol. The Bertz CT molecular complexity index is 1060. The maximum absolute atomic E-state index is 13.1. The number of rotatable bonds is 9. The summed E-state index contributed by atoms with van der Waals surface area (Å²) >= 11 is 0. The second-order valence-corrected chi connectivity index (χ2v) is 10.6. The molecule has 186 valence electrons. The molecule has 2 amide bonds. The summed E-state index contributed by atoms with van der Waals surface area (Å²) in [5.41, 5.74) is 4.22. The molecule has 2 aliphatic rings. The molecule has 0 heterocycles. The number of carboxylic acids is 1. The van der Waals surface area contributed by atoms with Crippen LogP contribution in [0, 0.1) is 5.41 Å². The number of carbonyl (C=O) groups excluding carboxylic acids is 2. The van der Waals surface area contributed by atoms with Crippen LogP contribution >= 0.6 is 0 Å². The van der Waals surface area contributed by atoms with Crippen molar-refractivity contribution in [1.29, 1.82) is 0 Å². The molecule has 1 saturated carbocycles. The van der Waals surface area contributed by atoms with E-state index < -0.39 is 18.1 Å². The van der Waals surface area contributed by atoms with Gasteiger partial charge in [-0.2, -0.15) is 0 Å². The van der Waals surface area contributed by atoms with Gasteiger partial charge in [0.05, 0.1) is 6.42 Å². The third-order valence-electron chi connectivity index (χ3n) is 6.93. The summed E-state index contributed by atoms with van der Waals surface area (Å²) < 4.78 is 5.69. The Labute approximate surface area is 206 Å². The summed E-state index contributed by atoms with van der Waals surface area (Å²) in [6.45, 7) is 6.30. The highest BCUT2D eigenvalue weighted by atomic mass is 16.5. The van der Waals surface area contributed by atoms with E-state index in [9.17, 15) is 14.4 Å². The molecule has 1 atom stereocenters. The Morgan fingerprint density at radius 2 is 1.60 bits per heavy atom. The molecule has 1 fully saturated rings. The summed E-state index contributed by atoms with van der Waals surface area (Å²) in [5.74, 6) is -1.09. The number of carbonyl (C=O) groups is 3. The van der Waals surface area contributed by atoms with Gasteiger partial charge in [-0.25, -0.2) is 4.79 Å². The van der Waals surface area contributed by atoms with Crippen LogP contribution in [-0.4, -0.2) is 53.2 Å². The number of ether oxygens (including phenoxy) is 1. The zero-order chi connectivity index (χ0) is 25.2. The van der Waals surface area contributed by atoms with Crippen molar-refractivity contribution in [3.63, 3.8) is 0 Å². The molecule has 35 heavy (non-hydrogen) atoms. The van der Waals surface area contributed by atoms with Gasteiger partial charge in [0.15, 0.2) is 0 Å². The van der Waals surface area contributed by atoms with Gasteiger partial charge in [-0.1, -0.05) is 69.3 Å². The van der Waals surface area contributed by atoms with Gasteiger partial charge in [0.2, 0.25) is 5.91 Å². The average Bonchev–Trinajstić information content (AvgIpc) is 3.59. The normalized spacial score (nSPS) is 15.6. The molecule has 0 aromatic heterocycles. The van der Waals surface area contributed by atoms with E-state index in [0.717, 1.165) is 35.1 Å². The minimum atomic E-state index is -0.924. The number of nitrogens with zero attached hydrogens (tertiary/aromatic N) is 1. The molecule has 0 aliphatic heterocycles. The highest BCUT2D eigenvalue weighted by molar-refractivity contribution is 5.80. The van der Waals surface area contributed by atoms with Crippen molar-refractivity contribution in [1.82, 2.24) is 10.2 Å². The summed E-state index contributed by atoms with van der Waals surface area (Å²) in [5, 5.41) is 12.0. The lowest BCUT2D eigenvalue weighted by atomic mass is 9.84. The van der Waals surface area contributed by atoms with Crippen LogP contribution in [0.3, 0.4) is 0 Å². The van der Waals surface area contributed by atoms with Gasteiger partial charge in [0, 0.05) is 31.0 Å². The number of aliphatic carboxylic acids is 1. The number of amides is 2. The van der Waals surface area contributed by atoms with Crippen LogP contribution in [0.5, 0.6) is 0 Å². The maximum Gasteiger partial charge on any atom is 0.407 e. The van der Waals surface area contributed by atoms with Gasteiger partial charge in [-0.3, -0.25) is 9.59 Å². The number of nitrogens with one attached hydrogen (secondary N) is 1. The van der Waals surface area contributed by atoms with E-state index in [1.54, 1.807) is 4.90 Å². The van der Waals surface area contributed by atoms with Crippen molar-refractivity contribution >= 4 is 18.0 Å². The highest BCUT2D eigenvalue weighted by Gasteiger charge is 2.37. The number of hydrogen-bond acceptors (Lipinski definition) is 4. The zero-order valence-corrected chi connectivity index (χ0v) is 20.6. The van der Waals surface area contributed by atoms with Gasteiger partial charge in [0.25, 0.3) is 0 Å². The molecule has 4 rings (SSSR count). The second-order valence-electron chi connectivity index (χ2n) is 10.6. The van der Waals surface area contributed by atoms with Gasteiger partial charge in [-0.15, -0.1) is 0 Å². The molecule has 1 unspecified atom stereocenters. The topological polar surface area (TPSA) is 95.9 Å². The monoisotopic (exact) mass is 478 g/mol. The standard InChI is InChI=1S/C28H34N2O5/c1-28(2,3)24(16-25(31)30(18-12-13-18)15-14-26(32)33)29-27(34)35-17-23-21-10-6-4-8-19(21)20-9-5-7-11-22(20)23/h4-11,18,23-24H,12-17H2,1-3H3,(H,29,34)(H,32,33). The molecule has 2 aromatic rings. The second kappa shape index (κ2) is 10.1. The SMILES string of the molecule is CC(C)(C)C(CC(=O)N(CCC(=O)O)C1CC1)NC(=O)OCC1c2ccccc2-c2ccccc21. The van der Waals surface area contributed by atoms with Crippen LogP contribution in [-0.2, 0) is 14.3 Å². The highest BCUT2D eigenvalue weighted by Crippen LogP contribution is 2.44. The van der Waals surface area contributed by atoms with Crippen molar-refractivity contribution in [2.45, 2.75) is 64.5 Å². The quantitative estimate of drug-likeness (QED) is 0.540. The van der Waals surface area contributed by atoms with Crippen molar-refractivity contribution in [2.75, 3.05) is 13.2 Å². The lowest BCUT2D eigenvalue weighted by Gasteiger charge is -2.33. The number of carboxylic acid groups (broad SMARTS) is 1. The Morgan fingerprint density at radius 1 is 1.03 bits per heavy atom. The van der Waals surface area contributed by atoms with Crippen molar-refractivity contribution in [3.05, 3.63) is 59.7 Å². The molecule has 2 aromatic carbocycles. The molecule has 0 bridgehead atoms. The number of hydrogen-bond donors (Lipinski definition) is 2. The van der Waals surface area contributed by atoms with Crippen LogP contribution in [0.4, 0.5) is 4.79 Å². The van der Waals surface area contributed by atoms with Gasteiger partial charge in [0.1, 0.15) is 6.61 Å². The van der Waals surface area contributed by atoms with Gasteiger partial charge < -0.3 is 20.1 Å². The van der Waals surface area contributed by atoms with Crippen LogP contribution in [0.1, 0.15) is 63.5 Å². The van der Waals surface area contributed by atoms with Crippen molar-refractivity contribution in [2.24, 2.45) is 5.41 Å². The molecule has 2 aliphatic carbocycles. The van der Waals surface area contributed by atoms with E-state index in [-0.39, 0.29) is 49.3 Å². The van der Waals surface area contributed by atoms with E-state index >= 15 is 0 Å². The smallest absolute Gasteiger partial charge is 0.407 e. The molecule has 2 N–H and O–H groups in total. The van der Waals surface area contributed by atoms with Crippen LogP contribution in [0.25, 0.3) is 11.1 Å². The fourth-order valence-corrected chi connectivity index (χ4v) is 4.76. The van der Waals surface area contributed by atoms with E-state index in [2.05, 4.69) is 29.6 Å². The van der Waals surface area contributed by atoms with Crippen LogP contribution in [0.2, 0.25) is 0 Å². The summed E-state index contributed by atoms with van der Waals surface area (Å²) in [4.78, 5) is 38.6. The Kier molecular flexibility index (Phi) is 7.15. The first kappa shape index (κ1) is 24.8. The molecule has 7 heteroatoms. The van der Waals surface area contributed by atoms with E-state index in [1.165, 1.54) is 0 Å². The Balaban J connectivity index is 1.40. The number of fused-ring (bicyclic) bond motifs is 3. The Hall–Kier alpha value is -3.35. The molecular formula is C28H34N2O5. The molecule has 0 saturated heterocycles. The lowest BCUT2D eigenvalue weighted by Crippen LogP contribution is -2.48. The first-order chi connectivity index (χ1) is 16.6. The summed E-state index contributed by atoms with van der Waals surface area (Å²) in [6, 6.07) is 16.0. The third-order valence-corrected chi connectivity index (χ3v) is 6.93. The first-order valence-corrected chi connectivity index (χ1v) is 12.3. The van der Waals surface area contributed by atoms with E-state index in [0.29, 0.717) is 0 Å². The van der Waals surface area contributed by atoms with Crippen LogP contribution in [0.15, 0.2) is 48.5 Å². The fourth-order valence-electron chi connectivity index (χ4n) is 4.76. The predicted molar refractivity (Wildman–Crippen MR) is 133 cm³/mol. The zero-order valence-electron chi connectivity index (χ0n) is 20.6. The summed E-state index contributed by atoms with van der Waals surface area (Å²) in [7, 11) is 0.